The molecule has 0 amide bonds. The van der Waals surface area contributed by atoms with Gasteiger partial charge in [-0.3, -0.25) is 4.79 Å². The van der Waals surface area contributed by atoms with Gasteiger partial charge >= 0.3 is 5.84 Å². The SMILES string of the molecule is C[NH+]1N=NN=C1C(=O)c1ccccc1. The van der Waals surface area contributed by atoms with Crippen LogP contribution in [-0.2, 0) is 0 Å². The van der Waals surface area contributed by atoms with Crippen molar-refractivity contribution in [3.8, 4) is 0 Å². The van der Waals surface area contributed by atoms with E-state index < -0.39 is 0 Å². The summed E-state index contributed by atoms with van der Waals surface area (Å²) in [5.41, 5.74) is 0.609. The molecule has 1 atom stereocenters. The molecular weight excluding hydrogens is 180 g/mol. The summed E-state index contributed by atoms with van der Waals surface area (Å²) in [5.74, 6) is 0.198. The molecule has 0 spiro atoms. The minimum atomic E-state index is -0.131. The molecule has 0 aliphatic carbocycles. The van der Waals surface area contributed by atoms with Crippen LogP contribution >= 0.6 is 0 Å². The third kappa shape index (κ3) is 1.45. The van der Waals surface area contributed by atoms with Gasteiger partial charge in [0, 0.05) is 10.8 Å². The van der Waals surface area contributed by atoms with E-state index in [2.05, 4.69) is 15.5 Å². The van der Waals surface area contributed by atoms with E-state index in [0.717, 1.165) is 0 Å². The van der Waals surface area contributed by atoms with Crippen molar-refractivity contribution in [2.45, 2.75) is 0 Å². The highest BCUT2D eigenvalue weighted by Crippen LogP contribution is 2.00. The molecule has 1 aromatic carbocycles. The van der Waals surface area contributed by atoms with E-state index in [1.165, 1.54) is 0 Å². The minimum absolute atomic E-state index is 0.131. The van der Waals surface area contributed by atoms with Gasteiger partial charge in [-0.05, 0) is 0 Å². The maximum Gasteiger partial charge on any atom is 0.323 e. The summed E-state index contributed by atoms with van der Waals surface area (Å²) in [6.45, 7) is 0. The first-order chi connectivity index (χ1) is 6.79. The molecule has 1 heterocycles. The Labute approximate surface area is 80.7 Å². The first-order valence-corrected chi connectivity index (χ1v) is 4.21. The zero-order chi connectivity index (χ0) is 9.97. The molecule has 1 aliphatic rings. The second-order valence-electron chi connectivity index (χ2n) is 2.92. The minimum Gasteiger partial charge on any atom is -0.280 e. The number of amidine groups is 1. The number of carbonyl (C=O) groups is 1. The van der Waals surface area contributed by atoms with Gasteiger partial charge in [0.15, 0.2) is 0 Å². The highest BCUT2D eigenvalue weighted by molar-refractivity contribution is 6.41. The smallest absolute Gasteiger partial charge is 0.280 e. The van der Waals surface area contributed by atoms with Gasteiger partial charge in [-0.25, -0.2) is 0 Å². The molecule has 70 valence electrons. The van der Waals surface area contributed by atoms with E-state index in [4.69, 9.17) is 0 Å². The highest BCUT2D eigenvalue weighted by Gasteiger charge is 2.27. The molecule has 1 N–H and O–H groups in total. The average molecular weight is 189 g/mol. The number of ketones is 1. The molecule has 0 saturated carbocycles. The van der Waals surface area contributed by atoms with Gasteiger partial charge in [-0.15, -0.1) is 5.01 Å². The number of Topliss-reactive ketones (excluding diaryl/α,β-unsaturated/α-hetero) is 1. The average Bonchev–Trinajstić information content (AvgIpc) is 2.65. The van der Waals surface area contributed by atoms with Gasteiger partial charge < -0.3 is 0 Å². The van der Waals surface area contributed by atoms with Crippen LogP contribution in [0, 0.1) is 0 Å². The van der Waals surface area contributed by atoms with Crippen LogP contribution in [-0.4, -0.2) is 18.7 Å². The molecule has 5 nitrogen and oxygen atoms in total. The second kappa shape index (κ2) is 3.47. The van der Waals surface area contributed by atoms with Gasteiger partial charge in [0.25, 0.3) is 5.78 Å². The van der Waals surface area contributed by atoms with Crippen LogP contribution in [0.4, 0.5) is 0 Å². The number of likely N-dealkylation sites (N-methyl/N-ethyl adjacent to an activating group) is 1. The predicted molar refractivity (Wildman–Crippen MR) is 50.0 cm³/mol. The molecule has 2 rings (SSSR count). The second-order valence-corrected chi connectivity index (χ2v) is 2.92. The number of benzene rings is 1. The third-order valence-corrected chi connectivity index (χ3v) is 1.93. The van der Waals surface area contributed by atoms with E-state index in [1.54, 1.807) is 19.2 Å². The zero-order valence-corrected chi connectivity index (χ0v) is 7.64. The summed E-state index contributed by atoms with van der Waals surface area (Å²) < 4.78 is 0. The number of nitrogens with one attached hydrogen (secondary N) is 1. The maximum atomic E-state index is 11.8. The van der Waals surface area contributed by atoms with Crippen molar-refractivity contribution >= 4 is 11.6 Å². The molecular formula is C9H9N4O+. The van der Waals surface area contributed by atoms with Gasteiger partial charge in [-0.1, -0.05) is 35.4 Å². The Bertz CT molecular complexity index is 410. The summed E-state index contributed by atoms with van der Waals surface area (Å²) in [6, 6.07) is 8.98. The number of hydrogen-bond donors (Lipinski definition) is 1. The van der Waals surface area contributed by atoms with Gasteiger partial charge in [0.1, 0.15) is 0 Å². The monoisotopic (exact) mass is 189 g/mol. The molecule has 0 radical (unpaired) electrons. The van der Waals surface area contributed by atoms with Crippen LogP contribution in [0.25, 0.3) is 0 Å². The fraction of sp³-hybridized carbons (Fsp3) is 0.111. The molecule has 1 unspecified atom stereocenters. The summed E-state index contributed by atoms with van der Waals surface area (Å²) in [4.78, 5) is 11.8. The summed E-state index contributed by atoms with van der Waals surface area (Å²) in [7, 11) is 1.72. The third-order valence-electron chi connectivity index (χ3n) is 1.93. The van der Waals surface area contributed by atoms with E-state index >= 15 is 0 Å². The van der Waals surface area contributed by atoms with Crippen molar-refractivity contribution in [1.29, 1.82) is 0 Å². The van der Waals surface area contributed by atoms with E-state index in [-0.39, 0.29) is 5.78 Å². The normalized spacial score (nSPS) is 19.5. The fourth-order valence-corrected chi connectivity index (χ4v) is 1.19. The first-order valence-electron chi connectivity index (χ1n) is 4.21. The van der Waals surface area contributed by atoms with Crippen LogP contribution in [0.3, 0.4) is 0 Å². The quantitative estimate of drug-likeness (QED) is 0.658. The summed E-state index contributed by atoms with van der Waals surface area (Å²) in [5, 5.41) is 11.4. The van der Waals surface area contributed by atoms with Crippen molar-refractivity contribution in [1.82, 2.24) is 0 Å². The van der Waals surface area contributed by atoms with Crippen molar-refractivity contribution < 1.29 is 9.80 Å². The molecule has 1 aliphatic heterocycles. The molecule has 14 heavy (non-hydrogen) atoms. The number of nitrogens with zero attached hydrogens (tertiary/aromatic N) is 3. The predicted octanol–water partition coefficient (Wildman–Crippen LogP) is 0.0783. The van der Waals surface area contributed by atoms with Gasteiger partial charge in [0.05, 0.1) is 12.3 Å². The van der Waals surface area contributed by atoms with Gasteiger partial charge in [-0.2, -0.15) is 0 Å². The lowest BCUT2D eigenvalue weighted by molar-refractivity contribution is -0.788. The van der Waals surface area contributed by atoms with Crippen LogP contribution in [0.15, 0.2) is 45.9 Å². The van der Waals surface area contributed by atoms with Crippen molar-refractivity contribution in [2.24, 2.45) is 15.5 Å². The Kier molecular flexibility index (Phi) is 2.16. The standard InChI is InChI=1S/C9H8N4O/c1-13-9(10-11-12-13)8(14)7-5-3-2-4-6-7/h2-6H,1H3/p+1. The molecule has 1 aromatic rings. The Hall–Kier alpha value is -1.88. The topological polar surface area (TPSA) is 58.6 Å². The summed E-state index contributed by atoms with van der Waals surface area (Å²) in [6.07, 6.45) is 0. The van der Waals surface area contributed by atoms with Crippen LogP contribution in [0.5, 0.6) is 0 Å². The fourth-order valence-electron chi connectivity index (χ4n) is 1.19. The maximum absolute atomic E-state index is 11.8. The number of carbonyl (C=O) groups excluding carboxylic acids is 1. The largest absolute Gasteiger partial charge is 0.323 e. The van der Waals surface area contributed by atoms with Crippen LogP contribution < -0.4 is 5.01 Å². The van der Waals surface area contributed by atoms with Crippen LogP contribution in [0.2, 0.25) is 0 Å². The first kappa shape index (κ1) is 8.71. The Balaban J connectivity index is 2.26. The van der Waals surface area contributed by atoms with Crippen molar-refractivity contribution in [2.75, 3.05) is 7.05 Å². The van der Waals surface area contributed by atoms with E-state index in [9.17, 15) is 4.79 Å². The van der Waals surface area contributed by atoms with E-state index in [1.807, 2.05) is 18.2 Å². The highest BCUT2D eigenvalue weighted by atomic mass is 16.1. The Morgan fingerprint density at radius 1 is 1.29 bits per heavy atom. The van der Waals surface area contributed by atoms with Crippen LogP contribution in [0.1, 0.15) is 10.4 Å². The number of quaternary nitrogens is 1. The Morgan fingerprint density at radius 3 is 2.57 bits per heavy atom. The van der Waals surface area contributed by atoms with E-state index in [0.29, 0.717) is 16.4 Å². The number of rotatable bonds is 2. The number of hydrogen-bond acceptors (Lipinski definition) is 4. The summed E-state index contributed by atoms with van der Waals surface area (Å²) >= 11 is 0. The lowest BCUT2D eigenvalue weighted by Crippen LogP contribution is -3.07. The van der Waals surface area contributed by atoms with Crippen molar-refractivity contribution in [3.05, 3.63) is 35.9 Å². The molecule has 0 fully saturated rings. The Morgan fingerprint density at radius 2 is 2.00 bits per heavy atom. The van der Waals surface area contributed by atoms with Crippen molar-refractivity contribution in [3.63, 3.8) is 0 Å². The lowest BCUT2D eigenvalue weighted by atomic mass is 10.1. The molecule has 0 aromatic heterocycles. The molecule has 5 heteroatoms. The lowest BCUT2D eigenvalue weighted by Gasteiger charge is -2.00. The zero-order valence-electron chi connectivity index (χ0n) is 7.64. The molecule has 0 bridgehead atoms. The molecule has 0 saturated heterocycles. The van der Waals surface area contributed by atoms with Gasteiger partial charge in [0.2, 0.25) is 0 Å².